The Kier molecular flexibility index (Phi) is 3.01. The van der Waals surface area contributed by atoms with E-state index >= 15 is 0 Å². The molecule has 18 heavy (non-hydrogen) atoms. The topological polar surface area (TPSA) is 85.3 Å². The van der Waals surface area contributed by atoms with Gasteiger partial charge in [-0.1, -0.05) is 0 Å². The average Bonchev–Trinajstić information content (AvgIpc) is 2.75. The number of aromatic carboxylic acids is 1. The zero-order valence-corrected chi connectivity index (χ0v) is 9.95. The fraction of sp³-hybridized carbons (Fsp3) is 0.250. The monoisotopic (exact) mass is 248 g/mol. The third-order valence-electron chi connectivity index (χ3n) is 2.60. The average molecular weight is 248 g/mol. The summed E-state index contributed by atoms with van der Waals surface area (Å²) in [5.41, 5.74) is -0.256. The van der Waals surface area contributed by atoms with Crippen molar-refractivity contribution in [1.82, 2.24) is 9.55 Å². The van der Waals surface area contributed by atoms with E-state index in [1.54, 1.807) is 20.0 Å². The number of pyridine rings is 1. The standard InChI is InChI=1S/C12H12N2O4/c1-7-5-13-11(18-7)8(2)14-6-9(12(16)17)3-4-10(14)15/h3-6,8H,1-2H3,(H,16,17). The molecule has 0 fully saturated rings. The minimum Gasteiger partial charge on any atom is -0.478 e. The highest BCUT2D eigenvalue weighted by Crippen LogP contribution is 2.16. The molecule has 0 spiro atoms. The quantitative estimate of drug-likeness (QED) is 0.888. The maximum Gasteiger partial charge on any atom is 0.337 e. The number of hydrogen-bond acceptors (Lipinski definition) is 4. The lowest BCUT2D eigenvalue weighted by molar-refractivity contribution is 0.0695. The highest BCUT2D eigenvalue weighted by molar-refractivity contribution is 5.87. The van der Waals surface area contributed by atoms with Crippen LogP contribution in [0.1, 0.15) is 35.0 Å². The highest BCUT2D eigenvalue weighted by Gasteiger charge is 2.16. The molecule has 0 bridgehead atoms. The maximum absolute atomic E-state index is 11.7. The van der Waals surface area contributed by atoms with E-state index in [0.717, 1.165) is 0 Å². The van der Waals surface area contributed by atoms with Gasteiger partial charge in [-0.15, -0.1) is 0 Å². The molecule has 6 nitrogen and oxygen atoms in total. The molecule has 1 atom stereocenters. The Morgan fingerprint density at radius 3 is 2.78 bits per heavy atom. The van der Waals surface area contributed by atoms with Crippen LogP contribution in [-0.2, 0) is 0 Å². The van der Waals surface area contributed by atoms with Crippen molar-refractivity contribution in [2.24, 2.45) is 0 Å². The Labute approximate surface area is 103 Å². The molecule has 0 radical (unpaired) electrons. The molecule has 0 saturated carbocycles. The minimum absolute atomic E-state index is 0.0460. The number of hydrogen-bond donors (Lipinski definition) is 1. The van der Waals surface area contributed by atoms with Gasteiger partial charge in [-0.3, -0.25) is 4.79 Å². The molecule has 2 rings (SSSR count). The van der Waals surface area contributed by atoms with E-state index in [9.17, 15) is 9.59 Å². The number of aryl methyl sites for hydroxylation is 1. The number of carboxylic acid groups (broad SMARTS) is 1. The van der Waals surface area contributed by atoms with E-state index in [-0.39, 0.29) is 11.1 Å². The van der Waals surface area contributed by atoms with E-state index in [4.69, 9.17) is 9.52 Å². The number of rotatable bonds is 3. The van der Waals surface area contributed by atoms with Crippen LogP contribution in [0.3, 0.4) is 0 Å². The summed E-state index contributed by atoms with van der Waals surface area (Å²) in [7, 11) is 0. The van der Waals surface area contributed by atoms with Gasteiger partial charge in [-0.25, -0.2) is 9.78 Å². The highest BCUT2D eigenvalue weighted by atomic mass is 16.4. The van der Waals surface area contributed by atoms with Gasteiger partial charge in [0.1, 0.15) is 11.8 Å². The Bertz CT molecular complexity index is 642. The van der Waals surface area contributed by atoms with Crippen LogP contribution in [0.15, 0.2) is 33.7 Å². The van der Waals surface area contributed by atoms with Crippen LogP contribution < -0.4 is 5.56 Å². The molecule has 0 aromatic carbocycles. The van der Waals surface area contributed by atoms with Crippen molar-refractivity contribution in [3.63, 3.8) is 0 Å². The molecule has 2 aromatic rings. The van der Waals surface area contributed by atoms with Gasteiger partial charge in [-0.2, -0.15) is 0 Å². The summed E-state index contributed by atoms with van der Waals surface area (Å²) in [4.78, 5) is 26.6. The van der Waals surface area contributed by atoms with Crippen LogP contribution in [0.5, 0.6) is 0 Å². The van der Waals surface area contributed by atoms with Crippen LogP contribution in [0.4, 0.5) is 0 Å². The van der Waals surface area contributed by atoms with Gasteiger partial charge in [0.2, 0.25) is 5.89 Å². The van der Waals surface area contributed by atoms with E-state index in [0.29, 0.717) is 11.7 Å². The van der Waals surface area contributed by atoms with Crippen LogP contribution in [0, 0.1) is 6.92 Å². The Hall–Kier alpha value is -2.37. The van der Waals surface area contributed by atoms with Crippen molar-refractivity contribution in [3.8, 4) is 0 Å². The SMILES string of the molecule is Cc1cnc(C(C)n2cc(C(=O)O)ccc2=O)o1. The predicted octanol–water partition coefficient (Wildman–Crippen LogP) is 1.45. The molecule has 0 aliphatic carbocycles. The Balaban J connectivity index is 2.47. The molecular formula is C12H12N2O4. The van der Waals surface area contributed by atoms with Gasteiger partial charge in [-0.05, 0) is 19.9 Å². The molecular weight excluding hydrogens is 236 g/mol. The van der Waals surface area contributed by atoms with Gasteiger partial charge in [0.25, 0.3) is 5.56 Å². The van der Waals surface area contributed by atoms with E-state index in [1.807, 2.05) is 0 Å². The third kappa shape index (κ3) is 2.17. The summed E-state index contributed by atoms with van der Waals surface area (Å²) in [5, 5.41) is 8.90. The maximum atomic E-state index is 11.7. The number of carbonyl (C=O) groups is 1. The van der Waals surface area contributed by atoms with Crippen LogP contribution >= 0.6 is 0 Å². The second kappa shape index (κ2) is 4.48. The van der Waals surface area contributed by atoms with Crippen LogP contribution in [0.2, 0.25) is 0 Å². The molecule has 0 aliphatic heterocycles. The van der Waals surface area contributed by atoms with Gasteiger partial charge in [0.05, 0.1) is 11.8 Å². The van der Waals surface area contributed by atoms with Crippen molar-refractivity contribution < 1.29 is 14.3 Å². The summed E-state index contributed by atoms with van der Waals surface area (Å²) >= 11 is 0. The van der Waals surface area contributed by atoms with Crippen molar-refractivity contribution in [2.75, 3.05) is 0 Å². The number of oxazole rings is 1. The molecule has 0 aliphatic rings. The van der Waals surface area contributed by atoms with Gasteiger partial charge in [0.15, 0.2) is 0 Å². The first-order valence-corrected chi connectivity index (χ1v) is 5.37. The van der Waals surface area contributed by atoms with E-state index < -0.39 is 12.0 Å². The largest absolute Gasteiger partial charge is 0.478 e. The van der Waals surface area contributed by atoms with Gasteiger partial charge < -0.3 is 14.1 Å². The van der Waals surface area contributed by atoms with Crippen molar-refractivity contribution >= 4 is 5.97 Å². The molecule has 2 heterocycles. The fourth-order valence-electron chi connectivity index (χ4n) is 1.62. The van der Waals surface area contributed by atoms with Crippen molar-refractivity contribution in [2.45, 2.75) is 19.9 Å². The first kappa shape index (κ1) is 12.1. The summed E-state index contributed by atoms with van der Waals surface area (Å²) in [6, 6.07) is 2.04. The second-order valence-electron chi connectivity index (χ2n) is 3.95. The van der Waals surface area contributed by atoms with E-state index in [1.165, 1.54) is 22.9 Å². The first-order chi connectivity index (χ1) is 8.49. The fourth-order valence-corrected chi connectivity index (χ4v) is 1.62. The molecule has 6 heteroatoms. The normalized spacial score (nSPS) is 12.3. The lowest BCUT2D eigenvalue weighted by atomic mass is 10.2. The van der Waals surface area contributed by atoms with Crippen LogP contribution in [-0.4, -0.2) is 20.6 Å². The predicted molar refractivity (Wildman–Crippen MR) is 62.7 cm³/mol. The molecule has 1 N–H and O–H groups in total. The zero-order valence-electron chi connectivity index (χ0n) is 9.95. The number of nitrogens with zero attached hydrogens (tertiary/aromatic N) is 2. The molecule has 0 amide bonds. The van der Waals surface area contributed by atoms with Crippen molar-refractivity contribution in [3.05, 3.63) is 52.1 Å². The lowest BCUT2D eigenvalue weighted by Gasteiger charge is -2.11. The number of carboxylic acids is 1. The third-order valence-corrected chi connectivity index (χ3v) is 2.60. The van der Waals surface area contributed by atoms with E-state index in [2.05, 4.69) is 4.98 Å². The second-order valence-corrected chi connectivity index (χ2v) is 3.95. The van der Waals surface area contributed by atoms with Gasteiger partial charge in [0, 0.05) is 12.3 Å². The van der Waals surface area contributed by atoms with Gasteiger partial charge >= 0.3 is 5.97 Å². The molecule has 1 unspecified atom stereocenters. The minimum atomic E-state index is -1.08. The Morgan fingerprint density at radius 2 is 2.22 bits per heavy atom. The zero-order chi connectivity index (χ0) is 13.3. The smallest absolute Gasteiger partial charge is 0.337 e. The molecule has 2 aromatic heterocycles. The lowest BCUT2D eigenvalue weighted by Crippen LogP contribution is -2.24. The summed E-state index contributed by atoms with van der Waals surface area (Å²) < 4.78 is 6.62. The Morgan fingerprint density at radius 1 is 1.50 bits per heavy atom. The van der Waals surface area contributed by atoms with Crippen molar-refractivity contribution in [1.29, 1.82) is 0 Å². The summed E-state index contributed by atoms with van der Waals surface area (Å²) in [6.07, 6.45) is 2.84. The molecule has 94 valence electrons. The first-order valence-electron chi connectivity index (χ1n) is 5.37. The summed E-state index contributed by atoms with van der Waals surface area (Å²) in [6.45, 7) is 3.47. The number of aromatic nitrogens is 2. The molecule has 0 saturated heterocycles. The van der Waals surface area contributed by atoms with Crippen LogP contribution in [0.25, 0.3) is 0 Å². The summed E-state index contributed by atoms with van der Waals surface area (Å²) in [5.74, 6) is -0.0732.